The molecule has 188 valence electrons. The molecule has 0 aliphatic carbocycles. The van der Waals surface area contributed by atoms with Crippen molar-refractivity contribution in [2.24, 2.45) is 0 Å². The van der Waals surface area contributed by atoms with Crippen LogP contribution in [-0.4, -0.2) is 106 Å². The number of nitrogens with zero attached hydrogens (tertiary/aromatic N) is 2. The number of aliphatic hydroxyl groups is 1. The number of aromatic carboxylic acids is 1. The van der Waals surface area contributed by atoms with E-state index in [1.807, 2.05) is 0 Å². The Labute approximate surface area is 199 Å². The van der Waals surface area contributed by atoms with Crippen molar-refractivity contribution in [1.82, 2.24) is 20.4 Å². The molecule has 3 atom stereocenters. The number of rotatable bonds is 7. The van der Waals surface area contributed by atoms with Crippen LogP contribution in [0.1, 0.15) is 22.8 Å². The lowest BCUT2D eigenvalue weighted by Gasteiger charge is -2.34. The zero-order chi connectivity index (χ0) is 25.9. The van der Waals surface area contributed by atoms with Gasteiger partial charge in [0.25, 0.3) is 0 Å². The molecule has 15 heteroatoms. The summed E-state index contributed by atoms with van der Waals surface area (Å²) in [5, 5.41) is 34.3. The Morgan fingerprint density at radius 2 is 1.97 bits per heavy atom. The fourth-order valence-electron chi connectivity index (χ4n) is 3.79. The molecule has 3 rings (SSSR count). The SMILES string of the molecule is CC(O)C(NC(=O)N1CCN(CCF)C(=O)C1=O)C(=O)N[C@H]1Cc2cccc(C(=O)O)c2OB1O. The quantitative estimate of drug-likeness (QED) is 0.210. The molecule has 0 aromatic heterocycles. The third kappa shape index (κ3) is 5.51. The maximum Gasteiger partial charge on any atom is 0.547 e. The number of benzene rings is 1. The standard InChI is InChI=1S/C20H24BFN4O9/c1-10(27)14(24-20(33)26-8-7-25(6-5-22)17(29)18(26)30)16(28)23-13-9-11-3-2-4-12(19(31)32)15(11)35-21(13)34/h2-4,10,13-14,27,34H,5-9H2,1H3,(H,23,28)(H,24,33)(H,31,32)/t10?,13-,14?/m0/s1. The largest absolute Gasteiger partial charge is 0.547 e. The number of hydrogen-bond acceptors (Lipinski definition) is 8. The second-order valence-corrected chi connectivity index (χ2v) is 8.03. The topological polar surface area (TPSA) is 186 Å². The average Bonchev–Trinajstić information content (AvgIpc) is 2.80. The molecule has 0 radical (unpaired) electrons. The number of imide groups is 1. The summed E-state index contributed by atoms with van der Waals surface area (Å²) in [6, 6.07) is 1.66. The zero-order valence-corrected chi connectivity index (χ0v) is 18.6. The minimum Gasteiger partial charge on any atom is -0.534 e. The van der Waals surface area contributed by atoms with E-state index in [-0.39, 0.29) is 37.4 Å². The van der Waals surface area contributed by atoms with Gasteiger partial charge >= 0.3 is 30.9 Å². The number of alkyl halides is 1. The van der Waals surface area contributed by atoms with Crippen LogP contribution in [0.25, 0.3) is 0 Å². The van der Waals surface area contributed by atoms with Crippen molar-refractivity contribution in [2.75, 3.05) is 26.3 Å². The number of para-hydroxylation sites is 1. The van der Waals surface area contributed by atoms with Gasteiger partial charge in [-0.3, -0.25) is 19.3 Å². The highest BCUT2D eigenvalue weighted by atomic mass is 19.1. The lowest BCUT2D eigenvalue weighted by molar-refractivity contribution is -0.153. The molecular formula is C20H24BFN4O9. The third-order valence-electron chi connectivity index (χ3n) is 5.63. The number of carbonyl (C=O) groups is 5. The lowest BCUT2D eigenvalue weighted by atomic mass is 9.72. The van der Waals surface area contributed by atoms with Crippen LogP contribution < -0.4 is 15.3 Å². The number of amides is 5. The van der Waals surface area contributed by atoms with Gasteiger partial charge in [-0.1, -0.05) is 12.1 Å². The van der Waals surface area contributed by atoms with Gasteiger partial charge in [-0.25, -0.2) is 14.0 Å². The first-order valence-corrected chi connectivity index (χ1v) is 10.7. The van der Waals surface area contributed by atoms with Gasteiger partial charge in [-0.05, 0) is 25.0 Å². The van der Waals surface area contributed by atoms with Crippen molar-refractivity contribution in [3.63, 3.8) is 0 Å². The number of hydrogen-bond donors (Lipinski definition) is 5. The summed E-state index contributed by atoms with van der Waals surface area (Å²) >= 11 is 0. The molecule has 1 fully saturated rings. The lowest BCUT2D eigenvalue weighted by Crippen LogP contribution is -2.63. The van der Waals surface area contributed by atoms with E-state index in [0.29, 0.717) is 10.5 Å². The molecular weight excluding hydrogens is 470 g/mol. The molecule has 2 unspecified atom stereocenters. The van der Waals surface area contributed by atoms with Crippen LogP contribution in [0.2, 0.25) is 0 Å². The number of carbonyl (C=O) groups excluding carboxylic acids is 4. The zero-order valence-electron chi connectivity index (χ0n) is 18.6. The Bertz CT molecular complexity index is 1040. The summed E-state index contributed by atoms with van der Waals surface area (Å²) < 4.78 is 17.8. The first-order chi connectivity index (χ1) is 16.5. The van der Waals surface area contributed by atoms with E-state index >= 15 is 0 Å². The van der Waals surface area contributed by atoms with Crippen molar-refractivity contribution >= 4 is 36.8 Å². The van der Waals surface area contributed by atoms with E-state index in [0.717, 1.165) is 4.90 Å². The molecule has 5 N–H and O–H groups in total. The predicted molar refractivity (Wildman–Crippen MR) is 116 cm³/mol. The summed E-state index contributed by atoms with van der Waals surface area (Å²) in [7, 11) is -1.62. The monoisotopic (exact) mass is 494 g/mol. The minimum absolute atomic E-state index is 0.00659. The minimum atomic E-state index is -1.62. The number of carboxylic acid groups (broad SMARTS) is 1. The Hall–Kier alpha value is -3.72. The normalized spacial score (nSPS) is 19.4. The highest BCUT2D eigenvalue weighted by Crippen LogP contribution is 2.30. The second-order valence-electron chi connectivity index (χ2n) is 8.03. The van der Waals surface area contributed by atoms with Crippen molar-refractivity contribution in [3.8, 4) is 5.75 Å². The number of halogens is 1. The van der Waals surface area contributed by atoms with Crippen molar-refractivity contribution in [3.05, 3.63) is 29.3 Å². The van der Waals surface area contributed by atoms with Crippen LogP contribution in [0.15, 0.2) is 18.2 Å². The van der Waals surface area contributed by atoms with Crippen molar-refractivity contribution < 1.29 is 48.3 Å². The summed E-state index contributed by atoms with van der Waals surface area (Å²) in [5.74, 6) is -5.53. The van der Waals surface area contributed by atoms with Gasteiger partial charge in [0.1, 0.15) is 18.5 Å². The number of fused-ring (bicyclic) bond motifs is 1. The van der Waals surface area contributed by atoms with E-state index in [9.17, 15) is 43.6 Å². The van der Waals surface area contributed by atoms with E-state index in [4.69, 9.17) is 4.65 Å². The fourth-order valence-corrected chi connectivity index (χ4v) is 3.79. The van der Waals surface area contributed by atoms with E-state index < -0.39 is 61.6 Å². The van der Waals surface area contributed by atoms with Gasteiger partial charge in [0.15, 0.2) is 0 Å². The maximum absolute atomic E-state index is 12.8. The highest BCUT2D eigenvalue weighted by molar-refractivity contribution is 6.47. The molecule has 2 aliphatic rings. The van der Waals surface area contributed by atoms with Gasteiger partial charge in [0, 0.05) is 19.6 Å². The van der Waals surface area contributed by atoms with Crippen LogP contribution in [0.3, 0.4) is 0 Å². The smallest absolute Gasteiger partial charge is 0.534 e. The van der Waals surface area contributed by atoms with Crippen LogP contribution in [0, 0.1) is 0 Å². The molecule has 1 aromatic carbocycles. The molecule has 0 spiro atoms. The van der Waals surface area contributed by atoms with Gasteiger partial charge in [0.05, 0.1) is 17.6 Å². The first-order valence-electron chi connectivity index (χ1n) is 10.7. The van der Waals surface area contributed by atoms with E-state index in [1.165, 1.54) is 19.1 Å². The van der Waals surface area contributed by atoms with Crippen LogP contribution in [-0.2, 0) is 20.8 Å². The van der Waals surface area contributed by atoms with E-state index in [1.54, 1.807) is 6.07 Å². The molecule has 0 bridgehead atoms. The molecule has 5 amide bonds. The Morgan fingerprint density at radius 1 is 1.26 bits per heavy atom. The maximum atomic E-state index is 12.8. The number of nitrogens with one attached hydrogen (secondary N) is 2. The third-order valence-corrected chi connectivity index (χ3v) is 5.63. The Kier molecular flexibility index (Phi) is 7.91. The van der Waals surface area contributed by atoms with Crippen LogP contribution in [0.5, 0.6) is 5.75 Å². The van der Waals surface area contributed by atoms with E-state index in [2.05, 4.69) is 10.6 Å². The molecule has 13 nitrogen and oxygen atoms in total. The number of aliphatic hydroxyl groups excluding tert-OH is 1. The van der Waals surface area contributed by atoms with Crippen LogP contribution >= 0.6 is 0 Å². The van der Waals surface area contributed by atoms with Gasteiger partial charge in [0.2, 0.25) is 5.91 Å². The fraction of sp³-hybridized carbons (Fsp3) is 0.450. The van der Waals surface area contributed by atoms with Crippen molar-refractivity contribution in [2.45, 2.75) is 31.4 Å². The predicted octanol–water partition coefficient (Wildman–Crippen LogP) is -2.08. The van der Waals surface area contributed by atoms with Crippen LogP contribution in [0.4, 0.5) is 9.18 Å². The Balaban J connectivity index is 1.68. The van der Waals surface area contributed by atoms with Gasteiger partial charge < -0.3 is 35.4 Å². The summed E-state index contributed by atoms with van der Waals surface area (Å²) in [6.45, 7) is -0.256. The molecule has 1 saturated heterocycles. The molecule has 0 saturated carbocycles. The number of urea groups is 1. The Morgan fingerprint density at radius 3 is 2.60 bits per heavy atom. The second kappa shape index (κ2) is 10.7. The highest BCUT2D eigenvalue weighted by Gasteiger charge is 2.41. The van der Waals surface area contributed by atoms with Gasteiger partial charge in [-0.15, -0.1) is 0 Å². The molecule has 1 aromatic rings. The summed E-state index contributed by atoms with van der Waals surface area (Å²) in [4.78, 5) is 62.5. The summed E-state index contributed by atoms with van der Waals surface area (Å²) in [6.07, 6.45) is -1.45. The molecule has 35 heavy (non-hydrogen) atoms. The van der Waals surface area contributed by atoms with Crippen molar-refractivity contribution in [1.29, 1.82) is 0 Å². The number of piperazine rings is 1. The molecule has 2 heterocycles. The summed E-state index contributed by atoms with van der Waals surface area (Å²) in [5.41, 5.74) is 0.250. The number of carboxylic acids is 1. The van der Waals surface area contributed by atoms with Gasteiger partial charge in [-0.2, -0.15) is 0 Å². The first kappa shape index (κ1) is 25.9. The molecule has 2 aliphatic heterocycles. The average molecular weight is 494 g/mol.